The van der Waals surface area contributed by atoms with E-state index in [2.05, 4.69) is 21.6 Å². The lowest BCUT2D eigenvalue weighted by Gasteiger charge is -2.27. The molecule has 0 N–H and O–H groups in total. The summed E-state index contributed by atoms with van der Waals surface area (Å²) < 4.78 is 99.7. The summed E-state index contributed by atoms with van der Waals surface area (Å²) in [5, 5.41) is -0.786. The normalized spacial score (nSPS) is 17.8. The molecule has 0 atom stereocenters. The van der Waals surface area contributed by atoms with Crippen molar-refractivity contribution in [2.75, 3.05) is 13.2 Å². The van der Waals surface area contributed by atoms with Gasteiger partial charge in [0.25, 0.3) is 0 Å². The van der Waals surface area contributed by atoms with Crippen molar-refractivity contribution < 1.29 is 40.6 Å². The summed E-state index contributed by atoms with van der Waals surface area (Å²) in [5.74, 6) is -0.825. The van der Waals surface area contributed by atoms with Gasteiger partial charge in [0, 0.05) is 29.2 Å². The van der Waals surface area contributed by atoms with E-state index in [1.807, 2.05) is 6.92 Å². The molecule has 4 aromatic rings. The van der Waals surface area contributed by atoms with Gasteiger partial charge in [-0.2, -0.15) is 8.78 Å². The summed E-state index contributed by atoms with van der Waals surface area (Å²) in [4.78, 5) is 3.83. The van der Waals surface area contributed by atoms with Crippen LogP contribution in [0.4, 0.5) is 26.3 Å². The Bertz CT molecular complexity index is 1550. The fraction of sp³-hybridized carbons (Fsp3) is 0.222. The van der Waals surface area contributed by atoms with Gasteiger partial charge in [0.15, 0.2) is 23.7 Å². The van der Waals surface area contributed by atoms with Gasteiger partial charge in [-0.3, -0.25) is 0 Å². The van der Waals surface area contributed by atoms with Crippen LogP contribution in [-0.2, 0) is 15.6 Å². The molecule has 1 aliphatic rings. The van der Waals surface area contributed by atoms with Gasteiger partial charge in [0.1, 0.15) is 11.6 Å². The van der Waals surface area contributed by atoms with Gasteiger partial charge >= 0.3 is 6.11 Å². The number of fused-ring (bicyclic) bond motifs is 1. The number of nitrogens with zero attached hydrogens (tertiary/aromatic N) is 1. The topological polar surface area (TPSA) is 40.6 Å². The lowest BCUT2D eigenvalue weighted by atomic mass is 10.1. The largest absolute Gasteiger partial charge is 0.454 e. The molecule has 1 aromatic heterocycles. The zero-order valence-electron chi connectivity index (χ0n) is 19.5. The molecule has 0 amide bonds. The van der Waals surface area contributed by atoms with Crippen LogP contribution in [0.5, 0.6) is 5.75 Å². The fourth-order valence-electron chi connectivity index (χ4n) is 3.62. The van der Waals surface area contributed by atoms with E-state index >= 15 is 0 Å². The van der Waals surface area contributed by atoms with Crippen molar-refractivity contribution in [2.45, 2.75) is 19.3 Å². The van der Waals surface area contributed by atoms with Crippen LogP contribution < -0.4 is 4.74 Å². The molecule has 0 unspecified atom stereocenters. The van der Waals surface area contributed by atoms with E-state index in [1.54, 1.807) is 6.07 Å². The van der Waals surface area contributed by atoms with E-state index in [9.17, 15) is 26.3 Å². The lowest BCUT2D eigenvalue weighted by molar-refractivity contribution is -0.202. The molecule has 0 aliphatic carbocycles. The summed E-state index contributed by atoms with van der Waals surface area (Å²) in [7, 11) is 0. The maximum Gasteiger partial charge on any atom is 0.454 e. The molecule has 1 saturated heterocycles. The number of benzene rings is 3. The average molecular weight is 549 g/mol. The standard InChI is InChI=1S/C27H17F6NO3S/c1-14-12-35-25(36-13-14)17-6-5-16(19(28)9-17)4-2-15-3-7-22-23(8-15)38-26(34-22)27(32,33)37-18-10-20(29)24(31)21(30)11-18/h3,5-11,14,25H,12-13H2,1H3. The van der Waals surface area contributed by atoms with Crippen LogP contribution in [0, 0.1) is 41.0 Å². The van der Waals surface area contributed by atoms with Crippen molar-refractivity contribution in [1.82, 2.24) is 4.98 Å². The monoisotopic (exact) mass is 549 g/mol. The van der Waals surface area contributed by atoms with E-state index in [0.29, 0.717) is 52.5 Å². The first kappa shape index (κ1) is 26.0. The first-order chi connectivity index (χ1) is 18.1. The SMILES string of the molecule is CC1COC(c2ccc(C#Cc3ccc4nc(C(F)(F)Oc5cc(F)c(F)c(F)c5)sc4c3)c(F)c2)OC1. The van der Waals surface area contributed by atoms with E-state index in [0.717, 1.165) is 0 Å². The van der Waals surface area contributed by atoms with E-state index < -0.39 is 46.4 Å². The summed E-state index contributed by atoms with van der Waals surface area (Å²) >= 11 is 0.575. The number of aromatic nitrogens is 1. The second kappa shape index (κ2) is 10.3. The molecule has 5 rings (SSSR count). The number of hydrogen-bond donors (Lipinski definition) is 0. The average Bonchev–Trinajstić information content (AvgIpc) is 3.31. The third-order valence-electron chi connectivity index (χ3n) is 5.51. The Morgan fingerprint density at radius 3 is 2.32 bits per heavy atom. The van der Waals surface area contributed by atoms with Crippen molar-refractivity contribution in [2.24, 2.45) is 5.92 Å². The van der Waals surface area contributed by atoms with E-state index in [-0.39, 0.29) is 17.0 Å². The van der Waals surface area contributed by atoms with Crippen molar-refractivity contribution in [3.8, 4) is 17.6 Å². The molecule has 1 aliphatic heterocycles. The van der Waals surface area contributed by atoms with Crippen LogP contribution in [0.1, 0.15) is 34.9 Å². The minimum atomic E-state index is -4.05. The third-order valence-corrected chi connectivity index (χ3v) is 6.58. The second-order valence-corrected chi connectivity index (χ2v) is 9.64. The van der Waals surface area contributed by atoms with Crippen LogP contribution in [0.15, 0.2) is 48.5 Å². The quantitative estimate of drug-likeness (QED) is 0.155. The molecule has 38 heavy (non-hydrogen) atoms. The van der Waals surface area contributed by atoms with Gasteiger partial charge in [0.05, 0.1) is 29.0 Å². The first-order valence-corrected chi connectivity index (χ1v) is 12.1. The molecule has 3 aromatic carbocycles. The minimum Gasteiger partial charge on any atom is -0.427 e. The molecular weight excluding hydrogens is 532 g/mol. The van der Waals surface area contributed by atoms with Gasteiger partial charge in [0.2, 0.25) is 5.01 Å². The first-order valence-electron chi connectivity index (χ1n) is 11.3. The Morgan fingerprint density at radius 2 is 1.63 bits per heavy atom. The van der Waals surface area contributed by atoms with Crippen LogP contribution in [0.25, 0.3) is 10.2 Å². The zero-order valence-corrected chi connectivity index (χ0v) is 20.4. The highest BCUT2D eigenvalue weighted by molar-refractivity contribution is 7.18. The number of thiazole rings is 1. The summed E-state index contributed by atoms with van der Waals surface area (Å²) in [5.41, 5.74) is 1.28. The van der Waals surface area contributed by atoms with Crippen LogP contribution >= 0.6 is 11.3 Å². The Hall–Kier alpha value is -3.59. The highest BCUT2D eigenvalue weighted by Gasteiger charge is 2.39. The minimum absolute atomic E-state index is 0.127. The van der Waals surface area contributed by atoms with Crippen LogP contribution in [-0.4, -0.2) is 18.2 Å². The highest BCUT2D eigenvalue weighted by atomic mass is 32.1. The summed E-state index contributed by atoms with van der Waals surface area (Å²) in [6, 6.07) is 9.56. The lowest BCUT2D eigenvalue weighted by Crippen LogP contribution is -2.25. The maximum atomic E-state index is 14.6. The summed E-state index contributed by atoms with van der Waals surface area (Å²) in [6.07, 6.45) is -4.70. The highest BCUT2D eigenvalue weighted by Crippen LogP contribution is 2.37. The Balaban J connectivity index is 1.34. The van der Waals surface area contributed by atoms with Crippen LogP contribution in [0.3, 0.4) is 0 Å². The van der Waals surface area contributed by atoms with Gasteiger partial charge in [-0.05, 0) is 30.3 Å². The van der Waals surface area contributed by atoms with Gasteiger partial charge in [-0.1, -0.05) is 24.8 Å². The maximum absolute atomic E-state index is 14.6. The molecule has 1 fully saturated rings. The Morgan fingerprint density at radius 1 is 0.921 bits per heavy atom. The molecular formula is C27H17F6NO3S. The molecule has 11 heteroatoms. The number of alkyl halides is 2. The third kappa shape index (κ3) is 5.48. The van der Waals surface area contributed by atoms with Crippen molar-refractivity contribution >= 4 is 21.6 Å². The molecule has 4 nitrogen and oxygen atoms in total. The fourth-order valence-corrected chi connectivity index (χ4v) is 4.54. The molecule has 196 valence electrons. The van der Waals surface area contributed by atoms with Gasteiger partial charge in [-0.15, -0.1) is 11.3 Å². The molecule has 0 saturated carbocycles. The summed E-state index contributed by atoms with van der Waals surface area (Å²) in [6.45, 7) is 3.01. The smallest absolute Gasteiger partial charge is 0.427 e. The number of ether oxygens (including phenoxy) is 3. The predicted molar refractivity (Wildman–Crippen MR) is 127 cm³/mol. The molecule has 0 radical (unpaired) electrons. The number of halogens is 6. The number of hydrogen-bond acceptors (Lipinski definition) is 5. The van der Waals surface area contributed by atoms with E-state index in [4.69, 9.17) is 9.47 Å². The Labute approximate surface area is 216 Å². The Kier molecular flexibility index (Phi) is 7.05. The zero-order chi connectivity index (χ0) is 27.0. The van der Waals surface area contributed by atoms with Gasteiger partial charge in [-0.25, -0.2) is 22.5 Å². The van der Waals surface area contributed by atoms with Crippen LogP contribution in [0.2, 0.25) is 0 Å². The molecule has 2 heterocycles. The number of rotatable bonds is 4. The van der Waals surface area contributed by atoms with E-state index in [1.165, 1.54) is 30.3 Å². The molecule has 0 bridgehead atoms. The van der Waals surface area contributed by atoms with Crippen molar-refractivity contribution in [3.05, 3.63) is 93.5 Å². The second-order valence-electron chi connectivity index (χ2n) is 8.61. The molecule has 0 spiro atoms. The predicted octanol–water partition coefficient (Wildman–Crippen LogP) is 7.06. The van der Waals surface area contributed by atoms with Crippen molar-refractivity contribution in [1.29, 1.82) is 0 Å². The van der Waals surface area contributed by atoms with Crippen molar-refractivity contribution in [3.63, 3.8) is 0 Å². The van der Waals surface area contributed by atoms with Gasteiger partial charge < -0.3 is 14.2 Å².